The molecule has 2 atom stereocenters. The van der Waals surface area contributed by atoms with Crippen LogP contribution in [-0.4, -0.2) is 40.5 Å². The van der Waals surface area contributed by atoms with Crippen molar-refractivity contribution in [3.05, 3.63) is 42.0 Å². The van der Waals surface area contributed by atoms with Crippen LogP contribution < -0.4 is 10.6 Å². The first-order chi connectivity index (χ1) is 13.9. The van der Waals surface area contributed by atoms with Crippen molar-refractivity contribution in [2.24, 2.45) is 0 Å². The molecule has 0 aliphatic carbocycles. The maximum atomic E-state index is 13.0. The highest BCUT2D eigenvalue weighted by atomic mass is 16.6. The van der Waals surface area contributed by atoms with Crippen LogP contribution in [0.25, 0.3) is 6.08 Å². The fraction of sp³-hybridized carbons (Fsp3) is 0.435. The van der Waals surface area contributed by atoms with Gasteiger partial charge in [-0.1, -0.05) is 37.3 Å². The normalized spacial score (nSPS) is 12.9. The quantitative estimate of drug-likeness (QED) is 0.531. The number of rotatable bonds is 7. The van der Waals surface area contributed by atoms with Gasteiger partial charge in [0.2, 0.25) is 5.91 Å². The van der Waals surface area contributed by atoms with Crippen molar-refractivity contribution >= 4 is 24.0 Å². The van der Waals surface area contributed by atoms with Crippen LogP contribution in [0.2, 0.25) is 0 Å². The molecule has 2 N–H and O–H groups in total. The standard InChI is InChI=1S/C23H31N3O4/c1-9-17-12-11-13-18(14-17)19(20(27)24-15(3)4)26(10-2)21(28)16(5)25-22(29)30-23(6,7)8/h2,9,11-16,19H,1H2,3-8H3,(H,24,27)(H,25,29). The minimum Gasteiger partial charge on any atom is -0.444 e. The van der Waals surface area contributed by atoms with Gasteiger partial charge in [-0.25, -0.2) is 4.79 Å². The highest BCUT2D eigenvalue weighted by Crippen LogP contribution is 2.23. The van der Waals surface area contributed by atoms with Gasteiger partial charge in [0.05, 0.1) is 0 Å². The van der Waals surface area contributed by atoms with Gasteiger partial charge in [-0.3, -0.25) is 14.5 Å². The SMILES string of the molecule is C#CN(C(=O)C(C)NC(=O)OC(C)(C)C)C(C(=O)NC(C)C)c1cccc(C=C)c1. The number of terminal acetylenes is 1. The Hall–Kier alpha value is -3.27. The average Bonchev–Trinajstić information content (AvgIpc) is 2.63. The van der Waals surface area contributed by atoms with E-state index >= 15 is 0 Å². The monoisotopic (exact) mass is 413 g/mol. The Morgan fingerprint density at radius 2 is 1.83 bits per heavy atom. The van der Waals surface area contributed by atoms with Gasteiger partial charge in [-0.15, -0.1) is 0 Å². The Morgan fingerprint density at radius 3 is 2.33 bits per heavy atom. The minimum absolute atomic E-state index is 0.158. The largest absolute Gasteiger partial charge is 0.444 e. The first kappa shape index (κ1) is 24.8. The molecule has 1 aromatic carbocycles. The van der Waals surface area contributed by atoms with E-state index < -0.39 is 35.6 Å². The molecule has 0 bridgehead atoms. The van der Waals surface area contributed by atoms with E-state index in [2.05, 4.69) is 23.3 Å². The highest BCUT2D eigenvalue weighted by molar-refractivity contribution is 5.93. The summed E-state index contributed by atoms with van der Waals surface area (Å²) < 4.78 is 5.18. The molecule has 2 unspecified atom stereocenters. The zero-order chi connectivity index (χ0) is 23.1. The molecule has 1 aromatic rings. The lowest BCUT2D eigenvalue weighted by molar-refractivity contribution is -0.138. The maximum Gasteiger partial charge on any atom is 0.408 e. The molecule has 0 fully saturated rings. The van der Waals surface area contributed by atoms with Gasteiger partial charge in [0.15, 0.2) is 0 Å². The Bertz CT molecular complexity index is 834. The molecule has 3 amide bonds. The van der Waals surface area contributed by atoms with Gasteiger partial charge in [0, 0.05) is 12.1 Å². The first-order valence-corrected chi connectivity index (χ1v) is 9.71. The number of carbonyl (C=O) groups is 3. The molecule has 0 saturated carbocycles. The summed E-state index contributed by atoms with van der Waals surface area (Å²) in [6.07, 6.45) is 6.51. The molecular weight excluding hydrogens is 382 g/mol. The summed E-state index contributed by atoms with van der Waals surface area (Å²) in [6.45, 7) is 14.0. The third-order valence-corrected chi connectivity index (χ3v) is 3.88. The fourth-order valence-corrected chi connectivity index (χ4v) is 2.66. The minimum atomic E-state index is -1.08. The van der Waals surface area contributed by atoms with Crippen molar-refractivity contribution in [1.82, 2.24) is 15.5 Å². The van der Waals surface area contributed by atoms with Crippen LogP contribution >= 0.6 is 0 Å². The summed E-state index contributed by atoms with van der Waals surface area (Å²) in [5, 5.41) is 5.26. The second-order valence-electron chi connectivity index (χ2n) is 8.15. The van der Waals surface area contributed by atoms with E-state index in [9.17, 15) is 14.4 Å². The number of benzene rings is 1. The predicted octanol–water partition coefficient (Wildman–Crippen LogP) is 3.23. The summed E-state index contributed by atoms with van der Waals surface area (Å²) >= 11 is 0. The summed E-state index contributed by atoms with van der Waals surface area (Å²) in [5.41, 5.74) is 0.587. The van der Waals surface area contributed by atoms with Crippen molar-refractivity contribution in [2.75, 3.05) is 0 Å². The zero-order valence-electron chi connectivity index (χ0n) is 18.5. The van der Waals surface area contributed by atoms with Gasteiger partial charge in [0.1, 0.15) is 17.7 Å². The summed E-state index contributed by atoms with van der Waals surface area (Å²) in [6, 6.07) is 7.08. The Morgan fingerprint density at radius 1 is 1.20 bits per heavy atom. The van der Waals surface area contributed by atoms with Crippen molar-refractivity contribution in [3.63, 3.8) is 0 Å². The number of amides is 3. The predicted molar refractivity (Wildman–Crippen MR) is 117 cm³/mol. The van der Waals surface area contributed by atoms with Crippen LogP contribution in [0.4, 0.5) is 4.79 Å². The molecule has 0 aromatic heterocycles. The average molecular weight is 414 g/mol. The second kappa shape index (κ2) is 10.5. The van der Waals surface area contributed by atoms with E-state index in [1.54, 1.807) is 45.0 Å². The Balaban J connectivity index is 3.23. The van der Waals surface area contributed by atoms with Gasteiger partial charge in [-0.2, -0.15) is 0 Å². The van der Waals surface area contributed by atoms with Crippen LogP contribution in [0.3, 0.4) is 0 Å². The molecule has 0 aliphatic heterocycles. The number of carbonyl (C=O) groups excluding carboxylic acids is 3. The van der Waals surface area contributed by atoms with Crippen LogP contribution in [-0.2, 0) is 14.3 Å². The molecule has 0 radical (unpaired) electrons. The second-order valence-corrected chi connectivity index (χ2v) is 8.15. The summed E-state index contributed by atoms with van der Waals surface area (Å²) in [4.78, 5) is 39.0. The van der Waals surface area contributed by atoms with Crippen LogP contribution in [0.15, 0.2) is 30.8 Å². The third kappa shape index (κ3) is 7.28. The number of nitrogens with one attached hydrogen (secondary N) is 2. The molecule has 0 heterocycles. The van der Waals surface area contributed by atoms with E-state index in [-0.39, 0.29) is 6.04 Å². The Labute approximate surface area is 178 Å². The first-order valence-electron chi connectivity index (χ1n) is 9.71. The maximum absolute atomic E-state index is 13.0. The molecule has 162 valence electrons. The van der Waals surface area contributed by atoms with Gasteiger partial charge >= 0.3 is 6.09 Å². The number of ether oxygens (including phenoxy) is 1. The van der Waals surface area contributed by atoms with E-state index in [0.29, 0.717) is 5.56 Å². The van der Waals surface area contributed by atoms with Crippen molar-refractivity contribution in [1.29, 1.82) is 0 Å². The lowest BCUT2D eigenvalue weighted by Crippen LogP contribution is -2.50. The van der Waals surface area contributed by atoms with Crippen molar-refractivity contribution in [3.8, 4) is 12.5 Å². The molecule has 7 nitrogen and oxygen atoms in total. The molecule has 7 heteroatoms. The lowest BCUT2D eigenvalue weighted by atomic mass is 10.0. The highest BCUT2D eigenvalue weighted by Gasteiger charge is 2.34. The van der Waals surface area contributed by atoms with E-state index in [1.165, 1.54) is 6.92 Å². The Kier molecular flexibility index (Phi) is 8.66. The molecule has 0 saturated heterocycles. The van der Waals surface area contributed by atoms with Crippen molar-refractivity contribution < 1.29 is 19.1 Å². The van der Waals surface area contributed by atoms with Crippen LogP contribution in [0, 0.1) is 12.5 Å². The topological polar surface area (TPSA) is 87.7 Å². The zero-order valence-corrected chi connectivity index (χ0v) is 18.5. The van der Waals surface area contributed by atoms with Crippen LogP contribution in [0.1, 0.15) is 58.7 Å². The van der Waals surface area contributed by atoms with E-state index in [1.807, 2.05) is 19.9 Å². The number of alkyl carbamates (subject to hydrolysis) is 1. The van der Waals surface area contributed by atoms with E-state index in [4.69, 9.17) is 11.2 Å². The molecule has 30 heavy (non-hydrogen) atoms. The lowest BCUT2D eigenvalue weighted by Gasteiger charge is -2.29. The molecule has 0 aliphatic rings. The van der Waals surface area contributed by atoms with Crippen LogP contribution in [0.5, 0.6) is 0 Å². The van der Waals surface area contributed by atoms with Gasteiger partial charge < -0.3 is 15.4 Å². The van der Waals surface area contributed by atoms with Crippen molar-refractivity contribution in [2.45, 2.75) is 65.3 Å². The number of hydrogen-bond acceptors (Lipinski definition) is 4. The number of nitrogens with zero attached hydrogens (tertiary/aromatic N) is 1. The molecule has 1 rings (SSSR count). The smallest absolute Gasteiger partial charge is 0.408 e. The van der Waals surface area contributed by atoms with Gasteiger partial charge in [0.25, 0.3) is 5.91 Å². The molecular formula is C23H31N3O4. The number of hydrogen-bond donors (Lipinski definition) is 2. The fourth-order valence-electron chi connectivity index (χ4n) is 2.66. The summed E-state index contributed by atoms with van der Waals surface area (Å²) in [5.74, 6) is -1.04. The third-order valence-electron chi connectivity index (χ3n) is 3.88. The van der Waals surface area contributed by atoms with Gasteiger partial charge in [-0.05, 0) is 58.7 Å². The van der Waals surface area contributed by atoms with E-state index in [0.717, 1.165) is 10.5 Å². The summed E-state index contributed by atoms with van der Waals surface area (Å²) in [7, 11) is 0. The molecule has 0 spiro atoms.